The molecule has 0 radical (unpaired) electrons. The second-order valence-electron chi connectivity index (χ2n) is 4.62. The van der Waals surface area contributed by atoms with E-state index in [0.717, 1.165) is 5.56 Å². The Bertz CT molecular complexity index is 590. The summed E-state index contributed by atoms with van der Waals surface area (Å²) in [6.45, 7) is 1.89. The SMILES string of the molecule is CCC(Nc1c(F)cc(F)cc1F)c1ccc(OC)cc1. The monoisotopic (exact) mass is 295 g/mol. The molecule has 2 rings (SSSR count). The summed E-state index contributed by atoms with van der Waals surface area (Å²) in [5, 5.41) is 2.79. The summed E-state index contributed by atoms with van der Waals surface area (Å²) in [6.07, 6.45) is 0.614. The van der Waals surface area contributed by atoms with Gasteiger partial charge in [-0.05, 0) is 24.1 Å². The highest BCUT2D eigenvalue weighted by Gasteiger charge is 2.16. The van der Waals surface area contributed by atoms with E-state index in [4.69, 9.17) is 4.74 Å². The molecule has 1 unspecified atom stereocenters. The highest BCUT2D eigenvalue weighted by Crippen LogP contribution is 2.28. The smallest absolute Gasteiger partial charge is 0.152 e. The molecule has 1 atom stereocenters. The van der Waals surface area contributed by atoms with Crippen molar-refractivity contribution in [1.82, 2.24) is 0 Å². The Morgan fingerprint density at radius 2 is 1.62 bits per heavy atom. The molecule has 0 aliphatic rings. The van der Waals surface area contributed by atoms with Crippen molar-refractivity contribution in [2.75, 3.05) is 12.4 Å². The van der Waals surface area contributed by atoms with Crippen LogP contribution < -0.4 is 10.1 Å². The van der Waals surface area contributed by atoms with E-state index in [1.165, 1.54) is 0 Å². The first kappa shape index (κ1) is 15.2. The number of ether oxygens (including phenoxy) is 1. The van der Waals surface area contributed by atoms with Gasteiger partial charge < -0.3 is 10.1 Å². The number of benzene rings is 2. The molecule has 2 aromatic rings. The predicted octanol–water partition coefficient (Wildman–Crippen LogP) is 4.68. The molecule has 0 saturated carbocycles. The van der Waals surface area contributed by atoms with Gasteiger partial charge in [0.05, 0.1) is 13.2 Å². The molecule has 0 amide bonds. The molecule has 2 aromatic carbocycles. The molecular formula is C16H16F3NO. The van der Waals surface area contributed by atoms with Gasteiger partial charge in [-0.15, -0.1) is 0 Å². The Hall–Kier alpha value is -2.17. The summed E-state index contributed by atoms with van der Waals surface area (Å²) < 4.78 is 45.3. The summed E-state index contributed by atoms with van der Waals surface area (Å²) in [5.41, 5.74) is 0.542. The molecule has 0 bridgehead atoms. The van der Waals surface area contributed by atoms with E-state index in [-0.39, 0.29) is 11.7 Å². The fraction of sp³-hybridized carbons (Fsp3) is 0.250. The zero-order valence-corrected chi connectivity index (χ0v) is 11.8. The van der Waals surface area contributed by atoms with Gasteiger partial charge in [-0.3, -0.25) is 0 Å². The summed E-state index contributed by atoms with van der Waals surface area (Å²) in [4.78, 5) is 0. The Morgan fingerprint density at radius 1 is 1.05 bits per heavy atom. The second kappa shape index (κ2) is 6.52. The van der Waals surface area contributed by atoms with Crippen molar-refractivity contribution in [3.05, 3.63) is 59.4 Å². The molecular weight excluding hydrogens is 279 g/mol. The van der Waals surface area contributed by atoms with E-state index in [1.807, 2.05) is 19.1 Å². The fourth-order valence-electron chi connectivity index (χ4n) is 2.11. The standard InChI is InChI=1S/C16H16F3NO/c1-3-15(10-4-6-12(21-2)7-5-10)20-16-13(18)8-11(17)9-14(16)19/h4-9,15,20H,3H2,1-2H3. The minimum absolute atomic E-state index is 0.287. The molecule has 21 heavy (non-hydrogen) atoms. The predicted molar refractivity (Wildman–Crippen MR) is 76.0 cm³/mol. The first-order chi connectivity index (χ1) is 10.0. The minimum atomic E-state index is -0.945. The van der Waals surface area contributed by atoms with Gasteiger partial charge in [-0.25, -0.2) is 13.2 Å². The van der Waals surface area contributed by atoms with Crippen molar-refractivity contribution >= 4 is 5.69 Å². The van der Waals surface area contributed by atoms with Crippen molar-refractivity contribution in [1.29, 1.82) is 0 Å². The van der Waals surface area contributed by atoms with Gasteiger partial charge in [-0.2, -0.15) is 0 Å². The lowest BCUT2D eigenvalue weighted by Crippen LogP contribution is -2.12. The fourth-order valence-corrected chi connectivity index (χ4v) is 2.11. The van der Waals surface area contributed by atoms with E-state index >= 15 is 0 Å². The topological polar surface area (TPSA) is 21.3 Å². The lowest BCUT2D eigenvalue weighted by Gasteiger charge is -2.20. The summed E-state index contributed by atoms with van der Waals surface area (Å²) >= 11 is 0. The van der Waals surface area contributed by atoms with Crippen LogP contribution >= 0.6 is 0 Å². The molecule has 112 valence electrons. The van der Waals surface area contributed by atoms with E-state index in [2.05, 4.69) is 5.32 Å². The van der Waals surface area contributed by atoms with Gasteiger partial charge in [0, 0.05) is 12.1 Å². The van der Waals surface area contributed by atoms with Crippen LogP contribution in [0.2, 0.25) is 0 Å². The van der Waals surface area contributed by atoms with Crippen molar-refractivity contribution in [3.8, 4) is 5.75 Å². The lowest BCUT2D eigenvalue weighted by atomic mass is 10.0. The summed E-state index contributed by atoms with van der Waals surface area (Å²) in [5.74, 6) is -2.13. The Balaban J connectivity index is 2.26. The Morgan fingerprint density at radius 3 is 2.10 bits per heavy atom. The maximum Gasteiger partial charge on any atom is 0.152 e. The van der Waals surface area contributed by atoms with Crippen LogP contribution in [0, 0.1) is 17.5 Å². The van der Waals surface area contributed by atoms with Crippen LogP contribution in [-0.2, 0) is 0 Å². The van der Waals surface area contributed by atoms with Crippen molar-refractivity contribution in [2.24, 2.45) is 0 Å². The van der Waals surface area contributed by atoms with Crippen molar-refractivity contribution in [3.63, 3.8) is 0 Å². The average molecular weight is 295 g/mol. The van der Waals surface area contributed by atoms with Crippen LogP contribution in [0.5, 0.6) is 5.75 Å². The van der Waals surface area contributed by atoms with Crippen molar-refractivity contribution in [2.45, 2.75) is 19.4 Å². The number of methoxy groups -OCH3 is 1. The Labute approximate surface area is 121 Å². The average Bonchev–Trinajstić information content (AvgIpc) is 2.47. The molecule has 0 spiro atoms. The molecule has 0 aromatic heterocycles. The van der Waals surface area contributed by atoms with Gasteiger partial charge in [0.15, 0.2) is 11.6 Å². The number of rotatable bonds is 5. The summed E-state index contributed by atoms with van der Waals surface area (Å²) in [7, 11) is 1.56. The van der Waals surface area contributed by atoms with E-state index in [9.17, 15) is 13.2 Å². The van der Waals surface area contributed by atoms with Crippen LogP contribution in [0.15, 0.2) is 36.4 Å². The van der Waals surface area contributed by atoms with Gasteiger partial charge in [0.2, 0.25) is 0 Å². The van der Waals surface area contributed by atoms with Crippen LogP contribution in [0.3, 0.4) is 0 Å². The minimum Gasteiger partial charge on any atom is -0.497 e. The number of nitrogens with one attached hydrogen (secondary N) is 1. The van der Waals surface area contributed by atoms with Crippen molar-refractivity contribution < 1.29 is 17.9 Å². The maximum absolute atomic E-state index is 13.7. The quantitative estimate of drug-likeness (QED) is 0.865. The molecule has 0 saturated heterocycles. The van der Waals surface area contributed by atoms with Gasteiger partial charge in [0.25, 0.3) is 0 Å². The van der Waals surface area contributed by atoms with E-state index in [1.54, 1.807) is 19.2 Å². The number of halogens is 3. The molecule has 0 aliphatic carbocycles. The largest absolute Gasteiger partial charge is 0.497 e. The third-order valence-corrected chi connectivity index (χ3v) is 3.25. The highest BCUT2D eigenvalue weighted by atomic mass is 19.1. The zero-order chi connectivity index (χ0) is 15.4. The van der Waals surface area contributed by atoms with Gasteiger partial charge in [-0.1, -0.05) is 19.1 Å². The first-order valence-electron chi connectivity index (χ1n) is 6.60. The van der Waals surface area contributed by atoms with Crippen LogP contribution in [0.25, 0.3) is 0 Å². The van der Waals surface area contributed by atoms with Gasteiger partial charge in [0.1, 0.15) is 17.3 Å². The van der Waals surface area contributed by atoms with E-state index < -0.39 is 17.5 Å². The zero-order valence-electron chi connectivity index (χ0n) is 11.8. The highest BCUT2D eigenvalue weighted by molar-refractivity contribution is 5.48. The number of hydrogen-bond donors (Lipinski definition) is 1. The maximum atomic E-state index is 13.7. The van der Waals surface area contributed by atoms with Crippen LogP contribution in [0.4, 0.5) is 18.9 Å². The third kappa shape index (κ3) is 3.48. The number of hydrogen-bond acceptors (Lipinski definition) is 2. The number of anilines is 1. The van der Waals surface area contributed by atoms with E-state index in [0.29, 0.717) is 24.3 Å². The first-order valence-corrected chi connectivity index (χ1v) is 6.60. The molecule has 1 N–H and O–H groups in total. The van der Waals surface area contributed by atoms with Crippen LogP contribution in [0.1, 0.15) is 24.9 Å². The normalized spacial score (nSPS) is 12.0. The summed E-state index contributed by atoms with van der Waals surface area (Å²) in [6, 6.07) is 8.22. The molecule has 0 heterocycles. The molecule has 5 heteroatoms. The lowest BCUT2D eigenvalue weighted by molar-refractivity contribution is 0.414. The molecule has 2 nitrogen and oxygen atoms in total. The second-order valence-corrected chi connectivity index (χ2v) is 4.62. The molecule has 0 aliphatic heterocycles. The Kier molecular flexibility index (Phi) is 4.73. The third-order valence-electron chi connectivity index (χ3n) is 3.25. The van der Waals surface area contributed by atoms with Crippen LogP contribution in [-0.4, -0.2) is 7.11 Å². The van der Waals surface area contributed by atoms with Gasteiger partial charge >= 0.3 is 0 Å². The molecule has 0 fully saturated rings.